The van der Waals surface area contributed by atoms with Gasteiger partial charge in [0.25, 0.3) is 0 Å². The van der Waals surface area contributed by atoms with Crippen molar-refractivity contribution in [1.82, 2.24) is 0 Å². The second-order valence-electron chi connectivity index (χ2n) is 9.47. The highest BCUT2D eigenvalue weighted by atomic mass is 16.5. The smallest absolute Gasteiger partial charge is 0.126 e. The highest BCUT2D eigenvalue weighted by Crippen LogP contribution is 2.74. The van der Waals surface area contributed by atoms with Crippen LogP contribution in [0.1, 0.15) is 62.5 Å². The zero-order chi connectivity index (χ0) is 17.6. The molecule has 0 N–H and O–H groups in total. The number of methoxy groups -OCH3 is 1. The quantitative estimate of drug-likeness (QED) is 0.627. The van der Waals surface area contributed by atoms with Crippen LogP contribution in [0.5, 0.6) is 5.75 Å². The molecule has 1 heteroatoms. The Morgan fingerprint density at radius 2 is 1.50 bits per heavy atom. The normalized spacial score (nSPS) is 41.7. The van der Waals surface area contributed by atoms with Crippen LogP contribution in [0.3, 0.4) is 0 Å². The van der Waals surface area contributed by atoms with E-state index < -0.39 is 0 Å². The summed E-state index contributed by atoms with van der Waals surface area (Å²) in [5.74, 6) is 8.47. The third kappa shape index (κ3) is 1.65. The van der Waals surface area contributed by atoms with Crippen LogP contribution in [0.4, 0.5) is 0 Å². The van der Waals surface area contributed by atoms with Gasteiger partial charge in [0.15, 0.2) is 0 Å². The van der Waals surface area contributed by atoms with E-state index in [1.807, 2.05) is 7.11 Å². The maximum Gasteiger partial charge on any atom is 0.126 e. The fraction of sp³-hybridized carbons (Fsp3) is 0.600. The van der Waals surface area contributed by atoms with Gasteiger partial charge in [0, 0.05) is 5.39 Å². The molecule has 0 aliphatic heterocycles. The minimum atomic E-state index is 0.789. The molecular formula is C25H30O. The number of hydrogen-bond donors (Lipinski definition) is 0. The summed E-state index contributed by atoms with van der Waals surface area (Å²) < 4.78 is 5.70. The first kappa shape index (κ1) is 15.5. The van der Waals surface area contributed by atoms with E-state index in [9.17, 15) is 0 Å². The molecule has 2 bridgehead atoms. The van der Waals surface area contributed by atoms with Crippen molar-refractivity contribution >= 4 is 10.8 Å². The lowest BCUT2D eigenvalue weighted by Crippen LogP contribution is -2.32. The largest absolute Gasteiger partial charge is 0.496 e. The molecule has 26 heavy (non-hydrogen) atoms. The molecule has 6 rings (SSSR count). The lowest BCUT2D eigenvalue weighted by molar-refractivity contribution is 0.149. The van der Waals surface area contributed by atoms with Gasteiger partial charge in [-0.2, -0.15) is 0 Å². The summed E-state index contributed by atoms with van der Waals surface area (Å²) in [6.07, 6.45) is 5.79. The monoisotopic (exact) mass is 346 g/mol. The predicted octanol–water partition coefficient (Wildman–Crippen LogP) is 6.37. The highest BCUT2D eigenvalue weighted by Gasteiger charge is 2.65. The van der Waals surface area contributed by atoms with Gasteiger partial charge in [-0.3, -0.25) is 0 Å². The molecule has 0 saturated heterocycles. The van der Waals surface area contributed by atoms with Gasteiger partial charge in [0.05, 0.1) is 7.11 Å². The molecular weight excluding hydrogens is 316 g/mol. The molecule has 2 aromatic carbocycles. The Morgan fingerprint density at radius 1 is 0.846 bits per heavy atom. The lowest BCUT2D eigenvalue weighted by Gasteiger charge is -2.39. The number of ether oxygens (including phenoxy) is 1. The minimum Gasteiger partial charge on any atom is -0.496 e. The molecule has 136 valence electrons. The number of rotatable bonds is 3. The van der Waals surface area contributed by atoms with Crippen LogP contribution >= 0.6 is 0 Å². The maximum absolute atomic E-state index is 5.70. The van der Waals surface area contributed by atoms with Gasteiger partial charge in [-0.1, -0.05) is 51.0 Å². The molecule has 4 aliphatic carbocycles. The van der Waals surface area contributed by atoms with Crippen LogP contribution in [0.25, 0.3) is 10.8 Å². The molecule has 8 unspecified atom stereocenters. The molecule has 3 saturated carbocycles. The molecule has 0 aromatic heterocycles. The van der Waals surface area contributed by atoms with E-state index in [0.717, 1.165) is 53.1 Å². The van der Waals surface area contributed by atoms with E-state index in [4.69, 9.17) is 4.74 Å². The molecule has 1 nitrogen and oxygen atoms in total. The Balaban J connectivity index is 1.53. The fourth-order valence-corrected chi connectivity index (χ4v) is 8.43. The van der Waals surface area contributed by atoms with Crippen molar-refractivity contribution in [3.8, 4) is 5.75 Å². The number of fused-ring (bicyclic) bond motifs is 10. The topological polar surface area (TPSA) is 9.23 Å². The average molecular weight is 347 g/mol. The van der Waals surface area contributed by atoms with Crippen molar-refractivity contribution in [2.75, 3.05) is 7.11 Å². The number of hydrogen-bond acceptors (Lipinski definition) is 1. The Labute approximate surface area is 157 Å². The van der Waals surface area contributed by atoms with Gasteiger partial charge in [-0.15, -0.1) is 0 Å². The molecule has 2 aromatic rings. The van der Waals surface area contributed by atoms with E-state index in [1.165, 1.54) is 31.1 Å². The Kier molecular flexibility index (Phi) is 3.15. The van der Waals surface area contributed by atoms with Crippen LogP contribution in [-0.2, 0) is 0 Å². The summed E-state index contributed by atoms with van der Waals surface area (Å²) in [4.78, 5) is 0. The number of benzene rings is 2. The molecule has 0 radical (unpaired) electrons. The maximum atomic E-state index is 5.70. The minimum absolute atomic E-state index is 0.789. The Morgan fingerprint density at radius 3 is 2.12 bits per heavy atom. The van der Waals surface area contributed by atoms with E-state index in [1.54, 1.807) is 16.5 Å². The summed E-state index contributed by atoms with van der Waals surface area (Å²) in [5, 5.41) is 2.90. The second kappa shape index (κ2) is 5.27. The van der Waals surface area contributed by atoms with Crippen molar-refractivity contribution < 1.29 is 4.74 Å². The zero-order valence-electron chi connectivity index (χ0n) is 16.2. The van der Waals surface area contributed by atoms with Gasteiger partial charge in [0.1, 0.15) is 5.75 Å². The van der Waals surface area contributed by atoms with Crippen molar-refractivity contribution in [1.29, 1.82) is 0 Å². The summed E-state index contributed by atoms with van der Waals surface area (Å²) in [6, 6.07) is 11.6. The van der Waals surface area contributed by atoms with Crippen LogP contribution in [0.15, 0.2) is 30.3 Å². The van der Waals surface area contributed by atoms with Crippen LogP contribution in [-0.4, -0.2) is 7.11 Å². The fourth-order valence-electron chi connectivity index (χ4n) is 8.43. The molecule has 0 amide bonds. The van der Waals surface area contributed by atoms with E-state index in [-0.39, 0.29) is 0 Å². The second-order valence-corrected chi connectivity index (χ2v) is 9.47. The van der Waals surface area contributed by atoms with Crippen LogP contribution in [0, 0.1) is 35.5 Å². The Hall–Kier alpha value is -1.50. The first-order valence-electron chi connectivity index (χ1n) is 10.9. The van der Waals surface area contributed by atoms with Crippen molar-refractivity contribution in [2.24, 2.45) is 35.5 Å². The standard InChI is InChI=1S/C25H30O/c1-4-13-11-14(5-2)22-19-12-18(21(13)22)24-16-8-6-7-15-20(26-3)10-9-17(23(15)16)25(19)24/h6-10,13-14,18-19,21-22,24-25H,4-5,11-12H2,1-3H3. The van der Waals surface area contributed by atoms with Gasteiger partial charge < -0.3 is 4.74 Å². The van der Waals surface area contributed by atoms with E-state index in [0.29, 0.717) is 0 Å². The molecule has 8 atom stereocenters. The summed E-state index contributed by atoms with van der Waals surface area (Å²) >= 11 is 0. The third-order valence-electron chi connectivity index (χ3n) is 9.03. The Bertz CT molecular complexity index is 849. The summed E-state index contributed by atoms with van der Waals surface area (Å²) in [5.41, 5.74) is 3.31. The first-order valence-corrected chi connectivity index (χ1v) is 10.9. The van der Waals surface area contributed by atoms with Crippen LogP contribution in [0.2, 0.25) is 0 Å². The SMILES string of the molecule is CCC1CC(CC)C2C3CC(C4c5cccc6c(OC)ccc(c56)C34)C12. The van der Waals surface area contributed by atoms with Crippen molar-refractivity contribution in [3.63, 3.8) is 0 Å². The molecule has 4 aliphatic rings. The molecule has 0 heterocycles. The molecule has 3 fully saturated rings. The zero-order valence-corrected chi connectivity index (χ0v) is 16.2. The van der Waals surface area contributed by atoms with Crippen LogP contribution < -0.4 is 4.74 Å². The van der Waals surface area contributed by atoms with Gasteiger partial charge in [-0.25, -0.2) is 0 Å². The van der Waals surface area contributed by atoms with E-state index in [2.05, 4.69) is 44.2 Å². The summed E-state index contributed by atoms with van der Waals surface area (Å²) in [7, 11) is 1.81. The first-order chi connectivity index (χ1) is 12.8. The van der Waals surface area contributed by atoms with Gasteiger partial charge in [-0.05, 0) is 82.8 Å². The highest BCUT2D eigenvalue weighted by molar-refractivity contribution is 5.97. The van der Waals surface area contributed by atoms with E-state index >= 15 is 0 Å². The lowest BCUT2D eigenvalue weighted by atomic mass is 9.65. The predicted molar refractivity (Wildman–Crippen MR) is 107 cm³/mol. The van der Waals surface area contributed by atoms with Crippen molar-refractivity contribution in [2.45, 2.75) is 51.4 Å². The third-order valence-corrected chi connectivity index (χ3v) is 9.03. The molecule has 0 spiro atoms. The van der Waals surface area contributed by atoms with Gasteiger partial charge >= 0.3 is 0 Å². The van der Waals surface area contributed by atoms with Gasteiger partial charge in [0.2, 0.25) is 0 Å². The summed E-state index contributed by atoms with van der Waals surface area (Å²) in [6.45, 7) is 4.89. The van der Waals surface area contributed by atoms with Crippen molar-refractivity contribution in [3.05, 3.63) is 41.5 Å². The average Bonchev–Trinajstić information content (AvgIpc) is 3.40.